The van der Waals surface area contributed by atoms with Gasteiger partial charge in [0.25, 0.3) is 0 Å². The third-order valence-electron chi connectivity index (χ3n) is 3.80. The maximum Gasteiger partial charge on any atom is 0.233 e. The minimum absolute atomic E-state index is 0.0360. The van der Waals surface area contributed by atoms with E-state index in [9.17, 15) is 9.18 Å². The molecule has 0 atom stereocenters. The number of nitrogens with zero attached hydrogens (tertiary/aromatic N) is 1. The van der Waals surface area contributed by atoms with Crippen LogP contribution in [0.25, 0.3) is 10.9 Å². The molecule has 1 N–H and O–H groups in total. The first-order valence-corrected chi connectivity index (χ1v) is 7.24. The highest BCUT2D eigenvalue weighted by molar-refractivity contribution is 5.94. The molecule has 0 amide bonds. The summed E-state index contributed by atoms with van der Waals surface area (Å²) in [6, 6.07) is 5.12. The molecule has 0 spiro atoms. The third kappa shape index (κ3) is 3.14. The summed E-state index contributed by atoms with van der Waals surface area (Å²) in [7, 11) is 1.57. The lowest BCUT2D eigenvalue weighted by Crippen LogP contribution is -2.15. The fourth-order valence-corrected chi connectivity index (χ4v) is 2.47. The molecule has 0 radical (unpaired) electrons. The Balaban J connectivity index is 1.93. The number of fused-ring (bicyclic) bond motifs is 1. The zero-order valence-electron chi connectivity index (χ0n) is 12.1. The predicted molar refractivity (Wildman–Crippen MR) is 78.9 cm³/mol. The summed E-state index contributed by atoms with van der Waals surface area (Å²) >= 11 is 0. The second-order valence-corrected chi connectivity index (χ2v) is 5.48. The van der Waals surface area contributed by atoms with Crippen LogP contribution in [0.5, 0.6) is 0 Å². The summed E-state index contributed by atoms with van der Waals surface area (Å²) in [6.45, 7) is 1.05. The van der Waals surface area contributed by atoms with Gasteiger partial charge in [-0.2, -0.15) is 0 Å². The van der Waals surface area contributed by atoms with E-state index in [2.05, 4.69) is 5.32 Å². The lowest BCUT2D eigenvalue weighted by molar-refractivity contribution is 0.0856. The Morgan fingerprint density at radius 2 is 2.29 bits per heavy atom. The van der Waals surface area contributed by atoms with Crippen molar-refractivity contribution in [1.82, 2.24) is 9.88 Å². The number of rotatable bonds is 6. The molecule has 0 saturated heterocycles. The number of hydrogen-bond donors (Lipinski definition) is 1. The second-order valence-electron chi connectivity index (χ2n) is 5.48. The number of carbonyl (C=O) groups excluding carboxylic acids is 1. The topological polar surface area (TPSA) is 43.3 Å². The van der Waals surface area contributed by atoms with Crippen LogP contribution in [0.15, 0.2) is 24.4 Å². The van der Waals surface area contributed by atoms with Gasteiger partial charge in [0.2, 0.25) is 5.91 Å². The van der Waals surface area contributed by atoms with Gasteiger partial charge in [-0.1, -0.05) is 0 Å². The van der Waals surface area contributed by atoms with E-state index >= 15 is 0 Å². The highest BCUT2D eigenvalue weighted by Gasteiger charge is 2.21. The summed E-state index contributed by atoms with van der Waals surface area (Å²) in [5.74, 6) is -0.316. The first-order chi connectivity index (χ1) is 10.2. The van der Waals surface area contributed by atoms with Gasteiger partial charge in [0.05, 0.1) is 18.5 Å². The standard InChI is InChI=1S/C16H19FN2O2/c1-21-7-6-16(20)19-10-11(9-18-13-3-4-13)14-8-12(17)2-5-15(14)19/h2,5,8,10,13,18H,3-4,6-7,9H2,1H3. The van der Waals surface area contributed by atoms with Gasteiger partial charge in [0, 0.05) is 31.3 Å². The van der Waals surface area contributed by atoms with Crippen LogP contribution in [-0.4, -0.2) is 30.2 Å². The third-order valence-corrected chi connectivity index (χ3v) is 3.80. The van der Waals surface area contributed by atoms with Crippen LogP contribution < -0.4 is 5.32 Å². The van der Waals surface area contributed by atoms with Gasteiger partial charge >= 0.3 is 0 Å². The largest absolute Gasteiger partial charge is 0.384 e. The van der Waals surface area contributed by atoms with E-state index in [4.69, 9.17) is 4.74 Å². The quantitative estimate of drug-likeness (QED) is 0.889. The van der Waals surface area contributed by atoms with Crippen LogP contribution in [-0.2, 0) is 11.3 Å². The van der Waals surface area contributed by atoms with E-state index in [-0.39, 0.29) is 11.7 Å². The first-order valence-electron chi connectivity index (χ1n) is 7.24. The molecule has 3 rings (SSSR count). The van der Waals surface area contributed by atoms with Crippen molar-refractivity contribution in [3.8, 4) is 0 Å². The molecule has 0 bridgehead atoms. The van der Waals surface area contributed by atoms with E-state index < -0.39 is 0 Å². The molecular weight excluding hydrogens is 271 g/mol. The van der Waals surface area contributed by atoms with Crippen molar-refractivity contribution < 1.29 is 13.9 Å². The molecule has 0 unspecified atom stereocenters. The number of ether oxygens (including phenoxy) is 1. The number of nitrogens with one attached hydrogen (secondary N) is 1. The van der Waals surface area contributed by atoms with Crippen molar-refractivity contribution in [2.75, 3.05) is 13.7 Å². The number of hydrogen-bond acceptors (Lipinski definition) is 3. The summed E-state index contributed by atoms with van der Waals surface area (Å²) < 4.78 is 20.1. The Labute approximate surface area is 122 Å². The molecular formula is C16H19FN2O2. The predicted octanol–water partition coefficient (Wildman–Crippen LogP) is 2.71. The van der Waals surface area contributed by atoms with Crippen molar-refractivity contribution in [2.45, 2.75) is 31.8 Å². The smallest absolute Gasteiger partial charge is 0.233 e. The lowest BCUT2D eigenvalue weighted by Gasteiger charge is -2.03. The normalized spacial score (nSPS) is 14.8. The molecule has 1 saturated carbocycles. The summed E-state index contributed by atoms with van der Waals surface area (Å²) in [5.41, 5.74) is 1.72. The van der Waals surface area contributed by atoms with Gasteiger partial charge in [-0.3, -0.25) is 9.36 Å². The number of aromatic nitrogens is 1. The molecule has 5 heteroatoms. The van der Waals surface area contributed by atoms with Crippen molar-refractivity contribution in [3.05, 3.63) is 35.8 Å². The van der Waals surface area contributed by atoms with Crippen molar-refractivity contribution in [3.63, 3.8) is 0 Å². The highest BCUT2D eigenvalue weighted by Crippen LogP contribution is 2.25. The van der Waals surface area contributed by atoms with Gasteiger partial charge in [-0.15, -0.1) is 0 Å². The van der Waals surface area contributed by atoms with Gasteiger partial charge in [-0.25, -0.2) is 4.39 Å². The SMILES string of the molecule is COCCC(=O)n1cc(CNC2CC2)c2cc(F)ccc21. The van der Waals surface area contributed by atoms with E-state index in [0.717, 1.165) is 16.5 Å². The molecule has 21 heavy (non-hydrogen) atoms. The Kier molecular flexibility index (Phi) is 4.03. The van der Waals surface area contributed by atoms with Gasteiger partial charge in [0.1, 0.15) is 5.82 Å². The zero-order valence-corrected chi connectivity index (χ0v) is 12.1. The molecule has 2 aromatic rings. The molecule has 1 aliphatic carbocycles. The van der Waals surface area contributed by atoms with Crippen LogP contribution in [0.4, 0.5) is 4.39 Å². The molecule has 1 aromatic carbocycles. The van der Waals surface area contributed by atoms with Gasteiger partial charge in [0.15, 0.2) is 0 Å². The maximum absolute atomic E-state index is 13.5. The van der Waals surface area contributed by atoms with Crippen LogP contribution >= 0.6 is 0 Å². The van der Waals surface area contributed by atoms with Crippen LogP contribution in [0.1, 0.15) is 29.6 Å². The Hall–Kier alpha value is -1.72. The van der Waals surface area contributed by atoms with Crippen LogP contribution in [0.2, 0.25) is 0 Å². The van der Waals surface area contributed by atoms with Crippen molar-refractivity contribution >= 4 is 16.8 Å². The van der Waals surface area contributed by atoms with Gasteiger partial charge in [-0.05, 0) is 36.6 Å². The molecule has 4 nitrogen and oxygen atoms in total. The number of carbonyl (C=O) groups is 1. The fourth-order valence-electron chi connectivity index (χ4n) is 2.47. The molecule has 1 aromatic heterocycles. The molecule has 1 fully saturated rings. The zero-order chi connectivity index (χ0) is 14.8. The van der Waals surface area contributed by atoms with Crippen molar-refractivity contribution in [1.29, 1.82) is 0 Å². The van der Waals surface area contributed by atoms with E-state index in [1.54, 1.807) is 17.7 Å². The van der Waals surface area contributed by atoms with E-state index in [1.807, 2.05) is 6.20 Å². The van der Waals surface area contributed by atoms with E-state index in [1.165, 1.54) is 25.0 Å². The molecule has 1 aliphatic rings. The summed E-state index contributed by atoms with van der Waals surface area (Å²) in [5, 5.41) is 4.21. The summed E-state index contributed by atoms with van der Waals surface area (Å²) in [4.78, 5) is 12.2. The highest BCUT2D eigenvalue weighted by atomic mass is 19.1. The fraction of sp³-hybridized carbons (Fsp3) is 0.438. The molecule has 112 valence electrons. The number of benzene rings is 1. The number of methoxy groups -OCH3 is 1. The van der Waals surface area contributed by atoms with Crippen LogP contribution in [0, 0.1) is 5.82 Å². The summed E-state index contributed by atoms with van der Waals surface area (Å²) in [6.07, 6.45) is 4.52. The molecule has 1 heterocycles. The Bertz CT molecular complexity index is 662. The lowest BCUT2D eigenvalue weighted by atomic mass is 10.1. The van der Waals surface area contributed by atoms with Crippen LogP contribution in [0.3, 0.4) is 0 Å². The molecule has 0 aliphatic heterocycles. The average Bonchev–Trinajstić information content (AvgIpc) is 3.24. The monoisotopic (exact) mass is 290 g/mol. The first kappa shape index (κ1) is 14.2. The second kappa shape index (κ2) is 5.95. The van der Waals surface area contributed by atoms with Gasteiger partial charge < -0.3 is 10.1 Å². The number of halogens is 1. The minimum Gasteiger partial charge on any atom is -0.384 e. The minimum atomic E-state index is -0.280. The maximum atomic E-state index is 13.5. The Morgan fingerprint density at radius 3 is 3.00 bits per heavy atom. The van der Waals surface area contributed by atoms with Crippen molar-refractivity contribution in [2.24, 2.45) is 0 Å². The average molecular weight is 290 g/mol. The Morgan fingerprint density at radius 1 is 1.48 bits per heavy atom. The van der Waals surface area contributed by atoms with E-state index in [0.29, 0.717) is 25.6 Å².